The second-order valence-corrected chi connectivity index (χ2v) is 7.32. The Morgan fingerprint density at radius 3 is 2.89 bits per heavy atom. The highest BCUT2D eigenvalue weighted by Crippen LogP contribution is 2.38. The Labute approximate surface area is 160 Å². The molecule has 0 bridgehead atoms. The van der Waals surface area contributed by atoms with Gasteiger partial charge in [-0.25, -0.2) is 14.2 Å². The summed E-state index contributed by atoms with van der Waals surface area (Å²) in [6.45, 7) is 9.18. The second-order valence-electron chi connectivity index (χ2n) is 7.32. The SMILES string of the molecule is [C-]#[N+]c1ccc2ncc3nc(Cc4cc(C)on4)n([C@H]4CCC[C@H]4F)c3c2c1. The molecule has 0 radical (unpaired) electrons. The topological polar surface area (TPSA) is 61.1 Å². The number of halogens is 1. The highest BCUT2D eigenvalue weighted by Gasteiger charge is 2.32. The maximum Gasteiger partial charge on any atom is 0.188 e. The van der Waals surface area contributed by atoms with E-state index in [9.17, 15) is 4.39 Å². The van der Waals surface area contributed by atoms with E-state index in [0.29, 0.717) is 24.0 Å². The number of imidazole rings is 1. The molecule has 1 aliphatic carbocycles. The number of aromatic nitrogens is 4. The third-order valence-electron chi connectivity index (χ3n) is 5.45. The van der Waals surface area contributed by atoms with E-state index < -0.39 is 6.17 Å². The van der Waals surface area contributed by atoms with Gasteiger partial charge in [0, 0.05) is 11.5 Å². The number of aryl methyl sites for hydroxylation is 1. The average molecular weight is 375 g/mol. The number of nitrogens with zero attached hydrogens (tertiary/aromatic N) is 5. The molecule has 6 nitrogen and oxygen atoms in total. The molecule has 1 aromatic carbocycles. The maximum absolute atomic E-state index is 14.8. The van der Waals surface area contributed by atoms with Crippen LogP contribution in [-0.4, -0.2) is 25.9 Å². The molecule has 1 aliphatic rings. The quantitative estimate of drug-likeness (QED) is 0.468. The normalized spacial score (nSPS) is 19.5. The van der Waals surface area contributed by atoms with Gasteiger partial charge in [0.1, 0.15) is 23.3 Å². The van der Waals surface area contributed by atoms with E-state index in [4.69, 9.17) is 16.1 Å². The van der Waals surface area contributed by atoms with Crippen LogP contribution in [0.3, 0.4) is 0 Å². The van der Waals surface area contributed by atoms with Crippen LogP contribution in [0.4, 0.5) is 10.1 Å². The molecule has 0 N–H and O–H groups in total. The Kier molecular flexibility index (Phi) is 3.86. The predicted molar refractivity (Wildman–Crippen MR) is 103 cm³/mol. The molecular formula is C21H18FN5O. The third-order valence-corrected chi connectivity index (χ3v) is 5.45. The highest BCUT2D eigenvalue weighted by molar-refractivity contribution is 6.03. The lowest BCUT2D eigenvalue weighted by atomic mass is 10.1. The van der Waals surface area contributed by atoms with E-state index in [1.807, 2.05) is 29.7 Å². The Balaban J connectivity index is 1.79. The fraction of sp³-hybridized carbons (Fsp3) is 0.333. The monoisotopic (exact) mass is 375 g/mol. The molecule has 0 spiro atoms. The van der Waals surface area contributed by atoms with Crippen LogP contribution in [0.5, 0.6) is 0 Å². The lowest BCUT2D eigenvalue weighted by Gasteiger charge is -2.19. The lowest BCUT2D eigenvalue weighted by molar-refractivity contribution is 0.264. The first-order valence-corrected chi connectivity index (χ1v) is 9.37. The van der Waals surface area contributed by atoms with Crippen molar-refractivity contribution in [2.45, 2.75) is 44.8 Å². The van der Waals surface area contributed by atoms with E-state index in [2.05, 4.69) is 15.0 Å². The summed E-state index contributed by atoms with van der Waals surface area (Å²) in [5.41, 5.74) is 3.63. The van der Waals surface area contributed by atoms with Gasteiger partial charge in [0.05, 0.1) is 42.0 Å². The van der Waals surface area contributed by atoms with E-state index in [1.54, 1.807) is 12.3 Å². The number of hydrogen-bond acceptors (Lipinski definition) is 4. The van der Waals surface area contributed by atoms with Crippen molar-refractivity contribution in [3.63, 3.8) is 0 Å². The summed E-state index contributed by atoms with van der Waals surface area (Å²) in [4.78, 5) is 12.8. The molecule has 3 heterocycles. The molecule has 4 aromatic rings. The average Bonchev–Trinajstić information content (AvgIpc) is 3.39. The smallest absolute Gasteiger partial charge is 0.188 e. The minimum Gasteiger partial charge on any atom is -0.361 e. The summed E-state index contributed by atoms with van der Waals surface area (Å²) in [5, 5.41) is 4.91. The van der Waals surface area contributed by atoms with E-state index in [1.165, 1.54) is 0 Å². The molecule has 7 heteroatoms. The van der Waals surface area contributed by atoms with Crippen molar-refractivity contribution in [3.05, 3.63) is 59.2 Å². The van der Waals surface area contributed by atoms with E-state index in [0.717, 1.165) is 46.5 Å². The fourth-order valence-electron chi connectivity index (χ4n) is 4.21. The van der Waals surface area contributed by atoms with Crippen LogP contribution < -0.4 is 0 Å². The van der Waals surface area contributed by atoms with Gasteiger partial charge in [-0.05, 0) is 38.3 Å². The summed E-state index contributed by atoms with van der Waals surface area (Å²) in [6.07, 6.45) is 3.45. The lowest BCUT2D eigenvalue weighted by Crippen LogP contribution is -2.17. The van der Waals surface area contributed by atoms with Gasteiger partial charge in [0.25, 0.3) is 0 Å². The van der Waals surface area contributed by atoms with Crippen molar-refractivity contribution in [1.82, 2.24) is 19.7 Å². The summed E-state index contributed by atoms with van der Waals surface area (Å²) < 4.78 is 22.0. The van der Waals surface area contributed by atoms with Crippen molar-refractivity contribution < 1.29 is 8.91 Å². The number of pyridine rings is 1. The van der Waals surface area contributed by atoms with Gasteiger partial charge in [-0.2, -0.15) is 0 Å². The summed E-state index contributed by atoms with van der Waals surface area (Å²) in [7, 11) is 0. The van der Waals surface area contributed by atoms with Gasteiger partial charge in [-0.1, -0.05) is 11.2 Å². The van der Waals surface area contributed by atoms with Gasteiger partial charge in [0.2, 0.25) is 0 Å². The Morgan fingerprint density at radius 2 is 2.18 bits per heavy atom. The van der Waals surface area contributed by atoms with Crippen LogP contribution in [-0.2, 0) is 6.42 Å². The molecule has 1 saturated carbocycles. The zero-order valence-corrected chi connectivity index (χ0v) is 15.4. The summed E-state index contributed by atoms with van der Waals surface area (Å²) >= 11 is 0. The largest absolute Gasteiger partial charge is 0.361 e. The van der Waals surface area contributed by atoms with Crippen LogP contribution in [0.1, 0.15) is 42.6 Å². The zero-order valence-electron chi connectivity index (χ0n) is 15.4. The van der Waals surface area contributed by atoms with Crippen LogP contribution in [0.2, 0.25) is 0 Å². The molecule has 140 valence electrons. The number of hydrogen-bond donors (Lipinski definition) is 0. The molecule has 2 atom stereocenters. The maximum atomic E-state index is 14.8. The molecule has 5 rings (SSSR count). The molecule has 3 aromatic heterocycles. The number of benzene rings is 1. The minimum absolute atomic E-state index is 0.268. The first kappa shape index (κ1) is 16.9. The molecule has 28 heavy (non-hydrogen) atoms. The van der Waals surface area contributed by atoms with Crippen molar-refractivity contribution in [1.29, 1.82) is 0 Å². The molecule has 0 saturated heterocycles. The van der Waals surface area contributed by atoms with Crippen LogP contribution in [0.15, 0.2) is 35.0 Å². The molecule has 0 aliphatic heterocycles. The zero-order chi connectivity index (χ0) is 19.3. The van der Waals surface area contributed by atoms with Crippen LogP contribution in [0, 0.1) is 13.5 Å². The standard InChI is InChI=1S/C21H18FN5O/c1-12-8-14(26-28-12)10-20-25-18-11-24-17-7-6-13(23-2)9-15(17)21(18)27(20)19-5-3-4-16(19)22/h6-9,11,16,19H,3-5,10H2,1H3/t16-,19+/m1/s1. The molecule has 0 amide bonds. The van der Waals surface area contributed by atoms with Crippen molar-refractivity contribution in [2.24, 2.45) is 0 Å². The molecular weight excluding hydrogens is 357 g/mol. The summed E-state index contributed by atoms with van der Waals surface area (Å²) in [5.74, 6) is 1.48. The number of fused-ring (bicyclic) bond motifs is 3. The number of alkyl halides is 1. The first-order valence-electron chi connectivity index (χ1n) is 9.37. The Hall–Kier alpha value is -3.27. The highest BCUT2D eigenvalue weighted by atomic mass is 19.1. The van der Waals surface area contributed by atoms with E-state index in [-0.39, 0.29) is 6.04 Å². The van der Waals surface area contributed by atoms with Crippen molar-refractivity contribution in [2.75, 3.05) is 0 Å². The van der Waals surface area contributed by atoms with E-state index >= 15 is 0 Å². The molecule has 1 fully saturated rings. The first-order chi connectivity index (χ1) is 13.6. The molecule has 0 unspecified atom stereocenters. The van der Waals surface area contributed by atoms with Crippen molar-refractivity contribution >= 4 is 27.6 Å². The minimum atomic E-state index is -0.914. The van der Waals surface area contributed by atoms with Gasteiger partial charge in [-0.15, -0.1) is 0 Å². The van der Waals surface area contributed by atoms with Crippen LogP contribution in [0.25, 0.3) is 26.8 Å². The third kappa shape index (κ3) is 2.64. The van der Waals surface area contributed by atoms with Gasteiger partial charge in [-0.3, -0.25) is 4.98 Å². The Bertz CT molecular complexity index is 1240. The van der Waals surface area contributed by atoms with Crippen LogP contribution >= 0.6 is 0 Å². The van der Waals surface area contributed by atoms with Gasteiger partial charge >= 0.3 is 0 Å². The Morgan fingerprint density at radius 1 is 1.29 bits per heavy atom. The van der Waals surface area contributed by atoms with Gasteiger partial charge in [0.15, 0.2) is 5.69 Å². The number of rotatable bonds is 3. The van der Waals surface area contributed by atoms with Gasteiger partial charge < -0.3 is 9.09 Å². The fourth-order valence-corrected chi connectivity index (χ4v) is 4.21. The predicted octanol–water partition coefficient (Wildman–Crippen LogP) is 5.09. The van der Waals surface area contributed by atoms with Crippen molar-refractivity contribution in [3.8, 4) is 0 Å². The second kappa shape index (κ2) is 6.41. The summed E-state index contributed by atoms with van der Waals surface area (Å²) in [6, 6.07) is 7.01.